The number of aromatic nitrogens is 5. The minimum Gasteiger partial charge on any atom is -0.503 e. The number of aliphatic hydroxyl groups is 1. The van der Waals surface area contributed by atoms with Crippen LogP contribution in [-0.4, -0.2) is 87.7 Å². The van der Waals surface area contributed by atoms with Crippen LogP contribution in [0.15, 0.2) is 79.0 Å². The van der Waals surface area contributed by atoms with Crippen molar-refractivity contribution in [3.05, 3.63) is 112 Å². The van der Waals surface area contributed by atoms with E-state index in [1.54, 1.807) is 5.51 Å². The highest BCUT2D eigenvalue weighted by Gasteiger charge is 2.32. The van der Waals surface area contributed by atoms with Gasteiger partial charge in [-0.25, -0.2) is 14.6 Å². The number of amides is 4. The lowest BCUT2D eigenvalue weighted by molar-refractivity contribution is -0.124. The molecule has 4 amide bonds. The molecule has 5 heterocycles. The SMILES string of the molecule is CC(C)c1nc(CN(C)C(=O)NC(C(=O)N[C@@H](C[C@H](O)[C@@H](Cn2ccc(=O)c(O)c2)NC(=O)OCc2cncs2)Cn2ccc(=O)c(O)c2)c2cc(=O)[nH]o2)cs1. The number of aromatic hydroxyl groups is 2. The van der Waals surface area contributed by atoms with Gasteiger partial charge >= 0.3 is 12.1 Å². The zero-order chi connectivity index (χ0) is 41.2. The average molecular weight is 828 g/mol. The maximum absolute atomic E-state index is 14.1. The number of nitrogens with one attached hydrogen (secondary N) is 4. The van der Waals surface area contributed by atoms with Gasteiger partial charge < -0.3 is 54.6 Å². The van der Waals surface area contributed by atoms with Gasteiger partial charge in [0.1, 0.15) is 6.61 Å². The van der Waals surface area contributed by atoms with Crippen LogP contribution in [0.25, 0.3) is 0 Å². The molecule has 4 atom stereocenters. The number of nitrogens with zero attached hydrogens (tertiary/aromatic N) is 5. The van der Waals surface area contributed by atoms with E-state index in [1.165, 1.54) is 62.3 Å². The zero-order valence-electron chi connectivity index (χ0n) is 30.9. The van der Waals surface area contributed by atoms with Gasteiger partial charge in [-0.2, -0.15) is 5.16 Å². The topological polar surface area (TPSA) is 276 Å². The number of carbonyl (C=O) groups excluding carboxylic acids is 3. The van der Waals surface area contributed by atoms with E-state index in [1.807, 2.05) is 19.2 Å². The Morgan fingerprint density at radius 1 is 1.00 bits per heavy atom. The first kappa shape index (κ1) is 41.9. The number of ether oxygens (including phenoxy) is 1. The van der Waals surface area contributed by atoms with Crippen LogP contribution < -0.4 is 32.4 Å². The standard InChI is InChI=1S/C35H41N9O11S2/c1-19(2)33-38-21(17-56-33)11-42(3)34(52)40-31(29-9-30(50)41-55-29)32(51)37-20(12-43-6-4-24(45)27(48)14-43)8-26(47)23(13-44-7-5-25(46)28(49)15-44)39-35(53)54-16-22-10-36-18-57-22/h4-7,9-10,14-15,17-20,23,26,31,47-49H,8,11-13,16H2,1-3H3,(H,37,51)(H,39,53)(H,40,52)(H,41,50)/t20-,23+,26-,31?/m0/s1. The highest BCUT2D eigenvalue weighted by molar-refractivity contribution is 7.09. The summed E-state index contributed by atoms with van der Waals surface area (Å²) in [5.41, 5.74) is 0.189. The average Bonchev–Trinajstić information content (AvgIpc) is 3.95. The third kappa shape index (κ3) is 11.9. The number of H-pyrrole nitrogens is 1. The molecule has 22 heteroatoms. The number of aromatic amines is 1. The summed E-state index contributed by atoms with van der Waals surface area (Å²) in [6, 6.07) is -1.36. The number of hydrogen-bond donors (Lipinski definition) is 7. The smallest absolute Gasteiger partial charge is 0.407 e. The molecule has 0 aliphatic heterocycles. The van der Waals surface area contributed by atoms with Gasteiger partial charge in [0, 0.05) is 86.7 Å². The van der Waals surface area contributed by atoms with Crippen LogP contribution in [0.3, 0.4) is 0 Å². The summed E-state index contributed by atoms with van der Waals surface area (Å²) in [5, 5.41) is 44.6. The van der Waals surface area contributed by atoms with Gasteiger partial charge in [-0.05, 0) is 6.42 Å². The lowest BCUT2D eigenvalue weighted by atomic mass is 10.0. The number of aliphatic hydroxyl groups excluding tert-OH is 1. The minimum absolute atomic E-state index is 0.0967. The van der Waals surface area contributed by atoms with Gasteiger partial charge in [-0.1, -0.05) is 13.8 Å². The molecule has 304 valence electrons. The molecule has 0 aromatic carbocycles. The molecule has 0 aliphatic rings. The second kappa shape index (κ2) is 19.1. The Kier molecular flexibility index (Phi) is 14.0. The van der Waals surface area contributed by atoms with Crippen molar-refractivity contribution in [1.82, 2.24) is 45.1 Å². The van der Waals surface area contributed by atoms with Gasteiger partial charge in [0.05, 0.1) is 39.8 Å². The Bertz CT molecular complexity index is 2320. The highest BCUT2D eigenvalue weighted by atomic mass is 32.1. The molecular weight excluding hydrogens is 787 g/mol. The van der Waals surface area contributed by atoms with Gasteiger partial charge in [-0.15, -0.1) is 22.7 Å². The summed E-state index contributed by atoms with van der Waals surface area (Å²) >= 11 is 2.71. The first-order valence-corrected chi connectivity index (χ1v) is 19.1. The third-order valence-corrected chi connectivity index (χ3v) is 10.3. The molecule has 1 unspecified atom stereocenters. The molecule has 0 spiro atoms. The maximum atomic E-state index is 14.1. The lowest BCUT2D eigenvalue weighted by Gasteiger charge is -2.30. The fourth-order valence-corrected chi connectivity index (χ4v) is 6.81. The molecule has 0 bridgehead atoms. The van der Waals surface area contributed by atoms with E-state index >= 15 is 0 Å². The molecule has 7 N–H and O–H groups in total. The Balaban J connectivity index is 1.39. The first-order valence-electron chi connectivity index (χ1n) is 17.4. The molecule has 0 aliphatic carbocycles. The van der Waals surface area contributed by atoms with Crippen LogP contribution >= 0.6 is 22.7 Å². The molecule has 5 aromatic rings. The van der Waals surface area contributed by atoms with Crippen molar-refractivity contribution in [3.63, 3.8) is 0 Å². The van der Waals surface area contributed by atoms with E-state index in [0.717, 1.165) is 35.6 Å². The molecule has 20 nitrogen and oxygen atoms in total. The minimum atomic E-state index is -1.58. The Labute approximate surface area is 331 Å². The third-order valence-electron chi connectivity index (χ3n) is 8.39. The molecule has 0 saturated heterocycles. The van der Waals surface area contributed by atoms with Crippen molar-refractivity contribution in [3.8, 4) is 11.5 Å². The van der Waals surface area contributed by atoms with Crippen LogP contribution in [0, 0.1) is 0 Å². The van der Waals surface area contributed by atoms with E-state index in [4.69, 9.17) is 9.26 Å². The highest BCUT2D eigenvalue weighted by Crippen LogP contribution is 2.21. The molecule has 0 radical (unpaired) electrons. The number of alkyl carbamates (subject to hydrolysis) is 1. The number of pyridine rings is 2. The summed E-state index contributed by atoms with van der Waals surface area (Å²) in [6.07, 6.45) is 3.70. The van der Waals surface area contributed by atoms with E-state index in [-0.39, 0.29) is 44.3 Å². The van der Waals surface area contributed by atoms with E-state index in [9.17, 15) is 44.1 Å². The lowest BCUT2D eigenvalue weighted by Crippen LogP contribution is -2.52. The fraction of sp³-hybridized carbons (Fsp3) is 0.371. The zero-order valence-corrected chi connectivity index (χ0v) is 32.5. The normalized spacial score (nSPS) is 13.4. The quantitative estimate of drug-likeness (QED) is 0.0702. The Morgan fingerprint density at radius 3 is 2.26 bits per heavy atom. The fourth-order valence-electron chi connectivity index (χ4n) is 5.47. The van der Waals surface area contributed by atoms with Crippen molar-refractivity contribution in [2.45, 2.75) is 76.7 Å². The summed E-state index contributed by atoms with van der Waals surface area (Å²) in [7, 11) is 1.49. The van der Waals surface area contributed by atoms with Crippen LogP contribution in [0.5, 0.6) is 11.5 Å². The second-order valence-corrected chi connectivity index (χ2v) is 15.1. The number of carbonyl (C=O) groups is 3. The maximum Gasteiger partial charge on any atom is 0.407 e. The molecule has 5 aromatic heterocycles. The second-order valence-electron chi connectivity index (χ2n) is 13.3. The summed E-state index contributed by atoms with van der Waals surface area (Å²) in [6.45, 7) is 3.60. The first-order chi connectivity index (χ1) is 27.1. The molecule has 57 heavy (non-hydrogen) atoms. The van der Waals surface area contributed by atoms with Crippen molar-refractivity contribution in [2.24, 2.45) is 0 Å². The van der Waals surface area contributed by atoms with Crippen LogP contribution in [0.2, 0.25) is 0 Å². The van der Waals surface area contributed by atoms with Crippen molar-refractivity contribution >= 4 is 40.7 Å². The van der Waals surface area contributed by atoms with Gasteiger partial charge in [-0.3, -0.25) is 24.2 Å². The number of rotatable bonds is 17. The molecule has 0 saturated carbocycles. The van der Waals surface area contributed by atoms with Crippen LogP contribution in [0.1, 0.15) is 53.6 Å². The summed E-state index contributed by atoms with van der Waals surface area (Å²) in [5.74, 6) is -2.10. The van der Waals surface area contributed by atoms with Crippen molar-refractivity contribution < 1.29 is 39.0 Å². The van der Waals surface area contributed by atoms with Gasteiger partial charge in [0.2, 0.25) is 10.9 Å². The van der Waals surface area contributed by atoms with Gasteiger partial charge in [0.15, 0.2) is 23.3 Å². The van der Waals surface area contributed by atoms with Crippen LogP contribution in [-0.2, 0) is 35.8 Å². The van der Waals surface area contributed by atoms with E-state index < -0.39 is 70.2 Å². The van der Waals surface area contributed by atoms with Crippen molar-refractivity contribution in [2.75, 3.05) is 7.05 Å². The monoisotopic (exact) mass is 827 g/mol. The number of hydrogen-bond acceptors (Lipinski definition) is 15. The molecule has 5 rings (SSSR count). The summed E-state index contributed by atoms with van der Waals surface area (Å²) < 4.78 is 13.3. The summed E-state index contributed by atoms with van der Waals surface area (Å²) in [4.78, 5) is 86.8. The van der Waals surface area contributed by atoms with Crippen LogP contribution in [0.4, 0.5) is 9.59 Å². The largest absolute Gasteiger partial charge is 0.503 e. The van der Waals surface area contributed by atoms with Crippen molar-refractivity contribution in [1.29, 1.82) is 0 Å². The molecular formula is C35H41N9O11S2. The van der Waals surface area contributed by atoms with Gasteiger partial charge in [0.25, 0.3) is 11.5 Å². The number of thiazole rings is 2. The van der Waals surface area contributed by atoms with E-state index in [2.05, 4.69) is 31.1 Å². The Morgan fingerprint density at radius 2 is 1.68 bits per heavy atom. The predicted molar refractivity (Wildman–Crippen MR) is 205 cm³/mol. The number of urea groups is 1. The Hall–Kier alpha value is -6.26. The predicted octanol–water partition coefficient (Wildman–Crippen LogP) is 1.55. The van der Waals surface area contributed by atoms with E-state index in [0.29, 0.717) is 10.6 Å². The molecule has 0 fully saturated rings.